The van der Waals surface area contributed by atoms with Crippen molar-refractivity contribution in [3.05, 3.63) is 265 Å². The van der Waals surface area contributed by atoms with Gasteiger partial charge in [-0.1, -0.05) is 201 Å². The molecule has 2 heterocycles. The van der Waals surface area contributed by atoms with Crippen molar-refractivity contribution in [1.29, 1.82) is 0 Å². The number of aliphatic imine (C=N–C) groups is 1. The molecular formula is C64H44N2. The Balaban J connectivity index is 1.01. The Labute approximate surface area is 384 Å². The zero-order valence-electron chi connectivity index (χ0n) is 36.4. The van der Waals surface area contributed by atoms with E-state index in [1.54, 1.807) is 0 Å². The van der Waals surface area contributed by atoms with Crippen molar-refractivity contribution in [2.45, 2.75) is 18.5 Å². The number of hydrogen-bond donors (Lipinski definition) is 0. The Morgan fingerprint density at radius 3 is 1.89 bits per heavy atom. The van der Waals surface area contributed by atoms with Crippen molar-refractivity contribution in [3.63, 3.8) is 0 Å². The van der Waals surface area contributed by atoms with E-state index in [1.165, 1.54) is 98.6 Å². The number of anilines is 2. The van der Waals surface area contributed by atoms with E-state index in [2.05, 4.69) is 235 Å². The van der Waals surface area contributed by atoms with Crippen LogP contribution in [0.5, 0.6) is 0 Å². The Kier molecular flexibility index (Phi) is 8.92. The second-order valence-electron chi connectivity index (χ2n) is 17.8. The van der Waals surface area contributed by atoms with Crippen LogP contribution in [-0.2, 0) is 6.54 Å². The number of hydrogen-bond acceptors (Lipinski definition) is 2. The summed E-state index contributed by atoms with van der Waals surface area (Å²) in [6, 6.07) is 79.8. The summed E-state index contributed by atoms with van der Waals surface area (Å²) in [7, 11) is 0. The molecule has 11 aromatic rings. The molecule has 0 saturated heterocycles. The van der Waals surface area contributed by atoms with Crippen LogP contribution in [0.1, 0.15) is 34.2 Å². The van der Waals surface area contributed by atoms with Gasteiger partial charge in [-0.15, -0.1) is 0 Å². The van der Waals surface area contributed by atoms with E-state index in [9.17, 15) is 0 Å². The predicted octanol–water partition coefficient (Wildman–Crippen LogP) is 16.9. The van der Waals surface area contributed by atoms with E-state index in [1.807, 2.05) is 0 Å². The minimum atomic E-state index is -0.291. The molecule has 66 heavy (non-hydrogen) atoms. The second-order valence-corrected chi connectivity index (χ2v) is 17.8. The van der Waals surface area contributed by atoms with Crippen molar-refractivity contribution >= 4 is 70.9 Å². The molecule has 0 bridgehead atoms. The highest BCUT2D eigenvalue weighted by atomic mass is 15.1. The first-order valence-corrected chi connectivity index (χ1v) is 23.0. The highest BCUT2D eigenvalue weighted by Crippen LogP contribution is 2.50. The summed E-state index contributed by atoms with van der Waals surface area (Å²) in [6.45, 7) is 5.72. The van der Waals surface area contributed by atoms with Gasteiger partial charge in [0.05, 0.1) is 11.8 Å². The lowest BCUT2D eigenvalue weighted by Gasteiger charge is -2.34. The fraction of sp³-hybridized carbons (Fsp3) is 0.0469. The Bertz CT molecular complexity index is 3820. The molecule has 2 atom stereocenters. The molecule has 2 unspecified atom stereocenters. The van der Waals surface area contributed by atoms with Gasteiger partial charge in [0.1, 0.15) is 0 Å². The third-order valence-electron chi connectivity index (χ3n) is 14.2. The molecule has 0 spiro atoms. The average molecular weight is 841 g/mol. The molecule has 13 rings (SSSR count). The maximum Gasteiger partial charge on any atom is 0.0979 e. The highest BCUT2D eigenvalue weighted by molar-refractivity contribution is 6.19. The summed E-state index contributed by atoms with van der Waals surface area (Å²) in [5, 5.41) is 12.4. The zero-order chi connectivity index (χ0) is 43.7. The molecule has 0 aliphatic carbocycles. The smallest absolute Gasteiger partial charge is 0.0979 e. The maximum absolute atomic E-state index is 5.63. The largest absolute Gasteiger partial charge is 0.336 e. The van der Waals surface area contributed by atoms with Crippen molar-refractivity contribution in [1.82, 2.24) is 0 Å². The van der Waals surface area contributed by atoms with Gasteiger partial charge in [0, 0.05) is 29.4 Å². The van der Waals surface area contributed by atoms with E-state index < -0.39 is 0 Å². The first kappa shape index (κ1) is 38.2. The fourth-order valence-electron chi connectivity index (χ4n) is 11.1. The molecule has 2 heteroatoms. The highest BCUT2D eigenvalue weighted by Gasteiger charge is 2.29. The summed E-state index contributed by atoms with van der Waals surface area (Å²) < 4.78 is 0. The van der Waals surface area contributed by atoms with Gasteiger partial charge < -0.3 is 4.90 Å². The third kappa shape index (κ3) is 6.14. The fourth-order valence-corrected chi connectivity index (χ4v) is 11.1. The van der Waals surface area contributed by atoms with Crippen LogP contribution in [0, 0.1) is 0 Å². The lowest BCUT2D eigenvalue weighted by molar-refractivity contribution is 0.794. The van der Waals surface area contributed by atoms with Gasteiger partial charge in [-0.2, -0.15) is 0 Å². The van der Waals surface area contributed by atoms with E-state index in [0.717, 1.165) is 29.0 Å². The summed E-state index contributed by atoms with van der Waals surface area (Å²) in [5.74, 6) is -0.0414. The molecule has 0 fully saturated rings. The molecule has 2 aliphatic heterocycles. The normalized spacial score (nSPS) is 15.8. The molecule has 0 aromatic heterocycles. The van der Waals surface area contributed by atoms with Crippen LogP contribution in [0.3, 0.4) is 0 Å². The van der Waals surface area contributed by atoms with Crippen LogP contribution in [0.15, 0.2) is 248 Å². The summed E-state index contributed by atoms with van der Waals surface area (Å²) in [5.41, 5.74) is 14.3. The van der Waals surface area contributed by atoms with E-state index in [4.69, 9.17) is 11.6 Å². The van der Waals surface area contributed by atoms with Crippen molar-refractivity contribution < 1.29 is 0 Å². The number of allylic oxidation sites excluding steroid dienone is 2. The quantitative estimate of drug-likeness (QED) is 0.125. The Morgan fingerprint density at radius 1 is 0.439 bits per heavy atom. The molecule has 2 nitrogen and oxygen atoms in total. The first-order valence-electron chi connectivity index (χ1n) is 23.0. The van der Waals surface area contributed by atoms with Gasteiger partial charge in [0.15, 0.2) is 0 Å². The average Bonchev–Trinajstić information content (AvgIpc) is 3.55. The first-order chi connectivity index (χ1) is 32.7. The molecule has 310 valence electrons. The van der Waals surface area contributed by atoms with Crippen LogP contribution in [0.25, 0.3) is 76.1 Å². The Hall–Kier alpha value is -8.33. The van der Waals surface area contributed by atoms with Crippen LogP contribution in [-0.4, -0.2) is 5.71 Å². The lowest BCUT2D eigenvalue weighted by Crippen LogP contribution is -2.21. The van der Waals surface area contributed by atoms with Crippen LogP contribution < -0.4 is 4.90 Å². The number of nitrogens with zero attached hydrogens (tertiary/aromatic N) is 2. The molecule has 2 aliphatic rings. The number of benzene rings is 11. The molecule has 0 amide bonds. The zero-order valence-corrected chi connectivity index (χ0v) is 36.4. The van der Waals surface area contributed by atoms with Gasteiger partial charge in [-0.25, -0.2) is 0 Å². The topological polar surface area (TPSA) is 15.6 Å². The molecule has 11 aromatic carbocycles. The lowest BCUT2D eigenvalue weighted by atomic mass is 9.81. The number of rotatable bonds is 5. The summed E-state index contributed by atoms with van der Waals surface area (Å²) >= 11 is 0. The van der Waals surface area contributed by atoms with Gasteiger partial charge >= 0.3 is 0 Å². The molecular weight excluding hydrogens is 797 g/mol. The SMILES string of the molecule is C=C1C(c2cccc3ccccc23)C=CC(c2ccccc2)=NC1c1cccc2c(-c3cc4cc5c(cc4c4ccccc34)-c3c(ccc4ccccc34)CN5c3ccccc3)cccc12. The third-order valence-corrected chi connectivity index (χ3v) is 14.2. The van der Waals surface area contributed by atoms with Crippen LogP contribution in [0.4, 0.5) is 11.4 Å². The van der Waals surface area contributed by atoms with Gasteiger partial charge in [-0.3, -0.25) is 4.99 Å². The van der Waals surface area contributed by atoms with Crippen molar-refractivity contribution in [3.8, 4) is 22.3 Å². The standard InChI is InChI=1S/C64H44N2/c1-41-48(51-28-14-21-42-17-8-10-24-49(42)51)35-36-61(44-19-4-2-5-20-44)65-64(41)57-32-16-29-52-53(57)30-15-31-56(52)59-37-46-38-62-60(39-58(46)54-26-12-13-27-55(54)59)63-45(34-33-43-18-9-11-25-50(43)63)40-66(62)47-22-6-3-7-23-47/h2-39,48,64H,1,40H2. The predicted molar refractivity (Wildman–Crippen MR) is 280 cm³/mol. The van der Waals surface area contributed by atoms with Crippen molar-refractivity contribution in [2.75, 3.05) is 4.90 Å². The van der Waals surface area contributed by atoms with Gasteiger partial charge in [-0.05, 0) is 135 Å². The van der Waals surface area contributed by atoms with Crippen LogP contribution in [0.2, 0.25) is 0 Å². The maximum atomic E-state index is 5.63. The summed E-state index contributed by atoms with van der Waals surface area (Å²) in [4.78, 5) is 8.13. The van der Waals surface area contributed by atoms with E-state index >= 15 is 0 Å². The van der Waals surface area contributed by atoms with E-state index in [-0.39, 0.29) is 12.0 Å². The van der Waals surface area contributed by atoms with Crippen molar-refractivity contribution in [2.24, 2.45) is 4.99 Å². The van der Waals surface area contributed by atoms with E-state index in [0.29, 0.717) is 0 Å². The minimum Gasteiger partial charge on any atom is -0.336 e. The van der Waals surface area contributed by atoms with Crippen LogP contribution >= 0.6 is 0 Å². The monoisotopic (exact) mass is 840 g/mol. The minimum absolute atomic E-state index is 0.0414. The number of para-hydroxylation sites is 1. The van der Waals surface area contributed by atoms with Gasteiger partial charge in [0.2, 0.25) is 0 Å². The molecule has 0 radical (unpaired) electrons. The number of fused-ring (bicyclic) bond motifs is 10. The van der Waals surface area contributed by atoms with Gasteiger partial charge in [0.25, 0.3) is 0 Å². The second kappa shape index (κ2) is 15.4. The summed E-state index contributed by atoms with van der Waals surface area (Å²) in [6.07, 6.45) is 4.52. The molecule has 0 saturated carbocycles. The molecule has 0 N–H and O–H groups in total. The Morgan fingerprint density at radius 2 is 1.06 bits per heavy atom.